The molecular formula is C30H36N4O3S. The summed E-state index contributed by atoms with van der Waals surface area (Å²) in [6, 6.07) is 20.0. The van der Waals surface area contributed by atoms with Gasteiger partial charge in [0, 0.05) is 38.3 Å². The Morgan fingerprint density at radius 1 is 1.00 bits per heavy atom. The van der Waals surface area contributed by atoms with Gasteiger partial charge in [0.05, 0.1) is 10.9 Å². The van der Waals surface area contributed by atoms with Gasteiger partial charge in [-0.2, -0.15) is 0 Å². The maximum Gasteiger partial charge on any atom is 0.326 e. The van der Waals surface area contributed by atoms with Crippen LogP contribution in [0.4, 0.5) is 0 Å². The van der Waals surface area contributed by atoms with Crippen LogP contribution >= 0.6 is 11.8 Å². The van der Waals surface area contributed by atoms with E-state index < -0.39 is 0 Å². The molecule has 8 heteroatoms. The zero-order chi connectivity index (χ0) is 26.6. The first-order valence-corrected chi connectivity index (χ1v) is 14.5. The average Bonchev–Trinajstić information content (AvgIpc) is 3.48. The molecule has 2 unspecified atom stereocenters. The fraction of sp³-hybridized carbons (Fsp3) is 0.433. The van der Waals surface area contributed by atoms with Crippen molar-refractivity contribution in [1.29, 1.82) is 0 Å². The Hall–Kier alpha value is -3.26. The molecule has 0 aliphatic carbocycles. The van der Waals surface area contributed by atoms with Crippen molar-refractivity contribution in [1.82, 2.24) is 19.4 Å². The van der Waals surface area contributed by atoms with Crippen molar-refractivity contribution in [2.75, 3.05) is 19.6 Å². The summed E-state index contributed by atoms with van der Waals surface area (Å²) in [7, 11) is 0. The monoisotopic (exact) mass is 532 g/mol. The van der Waals surface area contributed by atoms with Gasteiger partial charge in [0.25, 0.3) is 0 Å². The number of imidazole rings is 1. The van der Waals surface area contributed by atoms with E-state index in [1.807, 2.05) is 64.5 Å². The number of piperidine rings is 1. The van der Waals surface area contributed by atoms with Crippen LogP contribution in [0.3, 0.4) is 0 Å². The molecule has 1 aromatic heterocycles. The number of likely N-dealkylation sites (tertiary alicyclic amines) is 1. The van der Waals surface area contributed by atoms with Gasteiger partial charge in [0.2, 0.25) is 11.8 Å². The first-order valence-electron chi connectivity index (χ1n) is 13.6. The molecule has 0 spiro atoms. The number of hydrogen-bond donors (Lipinski definition) is 1. The van der Waals surface area contributed by atoms with Crippen molar-refractivity contribution < 1.29 is 9.59 Å². The summed E-state index contributed by atoms with van der Waals surface area (Å²) in [5.74, 6) is 0.598. The Bertz CT molecular complexity index is 1300. The SMILES string of the molecule is CC(C)CCN1C(=O)C(CC(=O)N2CCC(n3cc(-c4ccccc4)[nH]c3=O)CC2)SC1c1ccccc1. The van der Waals surface area contributed by atoms with Crippen molar-refractivity contribution in [2.45, 2.75) is 56.2 Å². The normalized spacial score (nSPS) is 20.4. The van der Waals surface area contributed by atoms with E-state index >= 15 is 0 Å². The molecule has 3 aromatic rings. The topological polar surface area (TPSA) is 78.4 Å². The van der Waals surface area contributed by atoms with Crippen molar-refractivity contribution in [3.05, 3.63) is 82.9 Å². The molecule has 200 valence electrons. The number of carbonyl (C=O) groups excluding carboxylic acids is 2. The van der Waals surface area contributed by atoms with Gasteiger partial charge in [0.15, 0.2) is 0 Å². The van der Waals surface area contributed by atoms with Gasteiger partial charge in [-0.05, 0) is 36.3 Å². The summed E-state index contributed by atoms with van der Waals surface area (Å²) in [6.45, 7) is 6.22. The number of hydrogen-bond acceptors (Lipinski definition) is 4. The number of nitrogens with one attached hydrogen (secondary N) is 1. The molecule has 1 N–H and O–H groups in total. The third kappa shape index (κ3) is 5.75. The highest BCUT2D eigenvalue weighted by Gasteiger charge is 2.42. The van der Waals surface area contributed by atoms with Gasteiger partial charge in [-0.3, -0.25) is 14.2 Å². The Morgan fingerprint density at radius 3 is 2.32 bits per heavy atom. The Balaban J connectivity index is 1.20. The maximum absolute atomic E-state index is 13.4. The number of rotatable bonds is 8. The van der Waals surface area contributed by atoms with Gasteiger partial charge in [-0.1, -0.05) is 74.5 Å². The second kappa shape index (κ2) is 11.6. The summed E-state index contributed by atoms with van der Waals surface area (Å²) >= 11 is 1.60. The molecule has 2 fully saturated rings. The molecule has 2 aliphatic rings. The number of benzene rings is 2. The molecule has 0 radical (unpaired) electrons. The molecule has 38 heavy (non-hydrogen) atoms. The second-order valence-electron chi connectivity index (χ2n) is 10.7. The van der Waals surface area contributed by atoms with Crippen LogP contribution in [-0.2, 0) is 9.59 Å². The average molecular weight is 533 g/mol. The molecular weight excluding hydrogens is 496 g/mol. The van der Waals surface area contributed by atoms with Crippen LogP contribution in [0, 0.1) is 5.92 Å². The number of aromatic nitrogens is 2. The minimum Gasteiger partial charge on any atom is -0.342 e. The van der Waals surface area contributed by atoms with Crippen LogP contribution in [0.2, 0.25) is 0 Å². The second-order valence-corrected chi connectivity index (χ2v) is 12.0. The first-order chi connectivity index (χ1) is 18.4. The number of nitrogens with zero attached hydrogens (tertiary/aromatic N) is 3. The maximum atomic E-state index is 13.4. The molecule has 0 bridgehead atoms. The highest BCUT2D eigenvalue weighted by Crippen LogP contribution is 2.44. The number of amides is 2. The summed E-state index contributed by atoms with van der Waals surface area (Å²) < 4.78 is 1.78. The Labute approximate surface area is 228 Å². The third-order valence-corrected chi connectivity index (χ3v) is 9.05. The van der Waals surface area contributed by atoms with E-state index in [9.17, 15) is 14.4 Å². The van der Waals surface area contributed by atoms with Gasteiger partial charge in [-0.25, -0.2) is 4.79 Å². The highest BCUT2D eigenvalue weighted by molar-refractivity contribution is 8.01. The first kappa shape index (κ1) is 26.4. The predicted octanol–water partition coefficient (Wildman–Crippen LogP) is 5.09. The van der Waals surface area contributed by atoms with Crippen LogP contribution in [0.25, 0.3) is 11.3 Å². The van der Waals surface area contributed by atoms with Crippen molar-refractivity contribution in [2.24, 2.45) is 5.92 Å². The largest absolute Gasteiger partial charge is 0.342 e. The summed E-state index contributed by atoms with van der Waals surface area (Å²) in [5.41, 5.74) is 2.78. The van der Waals surface area contributed by atoms with Crippen molar-refractivity contribution in [3.63, 3.8) is 0 Å². The molecule has 2 aromatic carbocycles. The van der Waals surface area contributed by atoms with E-state index in [1.165, 1.54) is 0 Å². The lowest BCUT2D eigenvalue weighted by Gasteiger charge is -2.32. The Kier molecular flexibility index (Phi) is 8.07. The molecule has 7 nitrogen and oxygen atoms in total. The lowest BCUT2D eigenvalue weighted by Crippen LogP contribution is -2.42. The minimum atomic E-state index is -0.363. The van der Waals surface area contributed by atoms with Gasteiger partial charge in [-0.15, -0.1) is 11.8 Å². The number of H-pyrrole nitrogens is 1. The van der Waals surface area contributed by atoms with E-state index in [1.54, 1.807) is 16.3 Å². The Morgan fingerprint density at radius 2 is 1.66 bits per heavy atom. The molecule has 2 atom stereocenters. The minimum absolute atomic E-state index is 0.0261. The van der Waals surface area contributed by atoms with Crippen LogP contribution in [-0.4, -0.2) is 56.0 Å². The molecule has 3 heterocycles. The van der Waals surface area contributed by atoms with E-state index in [4.69, 9.17) is 0 Å². The third-order valence-electron chi connectivity index (χ3n) is 7.57. The van der Waals surface area contributed by atoms with E-state index in [0.29, 0.717) is 25.6 Å². The van der Waals surface area contributed by atoms with Crippen LogP contribution in [0.1, 0.15) is 56.5 Å². The summed E-state index contributed by atoms with van der Waals surface area (Å²) in [5, 5.41) is -0.413. The number of aromatic amines is 1. The summed E-state index contributed by atoms with van der Waals surface area (Å²) in [4.78, 5) is 46.1. The molecule has 2 amide bonds. The molecule has 5 rings (SSSR count). The summed E-state index contributed by atoms with van der Waals surface area (Å²) in [6.07, 6.45) is 4.49. The molecule has 2 saturated heterocycles. The van der Waals surface area contributed by atoms with E-state index in [0.717, 1.165) is 36.1 Å². The van der Waals surface area contributed by atoms with E-state index in [-0.39, 0.29) is 40.6 Å². The smallest absolute Gasteiger partial charge is 0.326 e. The molecule has 2 aliphatic heterocycles. The van der Waals surface area contributed by atoms with Crippen molar-refractivity contribution >= 4 is 23.6 Å². The number of carbonyl (C=O) groups is 2. The van der Waals surface area contributed by atoms with Gasteiger partial charge >= 0.3 is 5.69 Å². The van der Waals surface area contributed by atoms with Gasteiger partial charge < -0.3 is 14.8 Å². The van der Waals surface area contributed by atoms with Crippen LogP contribution < -0.4 is 5.69 Å². The zero-order valence-corrected chi connectivity index (χ0v) is 22.9. The lowest BCUT2D eigenvalue weighted by atomic mass is 10.0. The molecule has 0 saturated carbocycles. The highest BCUT2D eigenvalue weighted by atomic mass is 32.2. The quantitative estimate of drug-likeness (QED) is 0.439. The van der Waals surface area contributed by atoms with Crippen LogP contribution in [0.15, 0.2) is 71.7 Å². The fourth-order valence-electron chi connectivity index (χ4n) is 5.35. The zero-order valence-electron chi connectivity index (χ0n) is 22.1. The standard InChI is InChI=1S/C30H36N4O3S/c1-21(2)13-18-33-28(36)26(38-29(33)23-11-7-4-8-12-23)19-27(35)32-16-14-24(15-17-32)34-20-25(31-30(34)37)22-9-5-3-6-10-22/h3-12,20-21,24,26,29H,13-19H2,1-2H3,(H,31,37). The fourth-order valence-corrected chi connectivity index (χ4v) is 6.82. The lowest BCUT2D eigenvalue weighted by molar-refractivity contribution is -0.136. The van der Waals surface area contributed by atoms with Gasteiger partial charge in [0.1, 0.15) is 5.37 Å². The van der Waals surface area contributed by atoms with Crippen molar-refractivity contribution in [3.8, 4) is 11.3 Å². The van der Waals surface area contributed by atoms with Crippen LogP contribution in [0.5, 0.6) is 0 Å². The number of thioether (sulfide) groups is 1. The predicted molar refractivity (Wildman–Crippen MR) is 152 cm³/mol. The van der Waals surface area contributed by atoms with E-state index in [2.05, 4.69) is 31.0 Å².